The van der Waals surface area contributed by atoms with Crippen LogP contribution in [0.4, 0.5) is 5.82 Å². The number of anilines is 1. The van der Waals surface area contributed by atoms with E-state index in [4.69, 9.17) is 11.1 Å². The molecule has 1 saturated heterocycles. The van der Waals surface area contributed by atoms with E-state index in [2.05, 4.69) is 25.6 Å². The zero-order chi connectivity index (χ0) is 23.4. The number of aromatic nitrogens is 3. The maximum Gasteiger partial charge on any atom is 0.270 e. The van der Waals surface area contributed by atoms with Gasteiger partial charge in [0.15, 0.2) is 0 Å². The Morgan fingerprint density at radius 2 is 1.88 bits per heavy atom. The van der Waals surface area contributed by atoms with E-state index in [1.165, 1.54) is 6.33 Å². The molecular weight excluding hydrogens is 420 g/mol. The maximum atomic E-state index is 12.7. The van der Waals surface area contributed by atoms with Gasteiger partial charge in [-0.05, 0) is 30.5 Å². The van der Waals surface area contributed by atoms with Crippen LogP contribution < -0.4 is 16.4 Å². The van der Waals surface area contributed by atoms with Crippen LogP contribution in [0, 0.1) is 5.41 Å². The van der Waals surface area contributed by atoms with Gasteiger partial charge in [0.25, 0.3) is 5.91 Å². The molecule has 0 aliphatic carbocycles. The summed E-state index contributed by atoms with van der Waals surface area (Å²) in [7, 11) is 0. The van der Waals surface area contributed by atoms with E-state index < -0.39 is 0 Å². The molecule has 10 heteroatoms. The molecule has 1 aromatic carbocycles. The number of benzene rings is 1. The van der Waals surface area contributed by atoms with E-state index in [0.717, 1.165) is 23.8 Å². The van der Waals surface area contributed by atoms with E-state index in [9.17, 15) is 9.59 Å². The Hall–Kier alpha value is -4.08. The number of nitrogens with two attached hydrogens (primary N) is 1. The van der Waals surface area contributed by atoms with Crippen molar-refractivity contribution in [2.45, 2.75) is 32.4 Å². The number of amides is 2. The van der Waals surface area contributed by atoms with E-state index >= 15 is 0 Å². The zero-order valence-corrected chi connectivity index (χ0v) is 18.3. The number of rotatable bonds is 6. The Bertz CT molecular complexity index is 1200. The first-order valence-corrected chi connectivity index (χ1v) is 10.8. The third-order valence-corrected chi connectivity index (χ3v) is 5.68. The van der Waals surface area contributed by atoms with Crippen LogP contribution >= 0.6 is 0 Å². The van der Waals surface area contributed by atoms with Crippen LogP contribution in [0.25, 0.3) is 10.9 Å². The Labute approximate surface area is 191 Å². The lowest BCUT2D eigenvalue weighted by Crippen LogP contribution is -2.41. The molecule has 1 fully saturated rings. The molecule has 33 heavy (non-hydrogen) atoms. The van der Waals surface area contributed by atoms with Gasteiger partial charge in [0.1, 0.15) is 29.4 Å². The summed E-state index contributed by atoms with van der Waals surface area (Å²) in [5.41, 5.74) is 7.79. The number of hydrogen-bond donors (Lipinski definition) is 4. The van der Waals surface area contributed by atoms with Crippen molar-refractivity contribution in [3.8, 4) is 0 Å². The Morgan fingerprint density at radius 3 is 2.61 bits per heavy atom. The molecule has 1 aliphatic rings. The fourth-order valence-corrected chi connectivity index (χ4v) is 3.80. The molecule has 0 unspecified atom stereocenters. The number of amidine groups is 1. The third-order valence-electron chi connectivity index (χ3n) is 5.68. The van der Waals surface area contributed by atoms with Crippen LogP contribution in [0.3, 0.4) is 0 Å². The molecule has 2 amide bonds. The molecule has 3 aromatic rings. The van der Waals surface area contributed by atoms with Crippen molar-refractivity contribution in [3.63, 3.8) is 0 Å². The van der Waals surface area contributed by atoms with Crippen LogP contribution in [0.2, 0.25) is 0 Å². The van der Waals surface area contributed by atoms with Crippen molar-refractivity contribution in [3.05, 3.63) is 59.7 Å². The zero-order valence-electron chi connectivity index (χ0n) is 18.3. The van der Waals surface area contributed by atoms with Gasteiger partial charge in [-0.2, -0.15) is 0 Å². The second-order valence-electron chi connectivity index (χ2n) is 8.03. The number of carbonyl (C=O) groups excluding carboxylic acids is 2. The van der Waals surface area contributed by atoms with Gasteiger partial charge in [0.2, 0.25) is 5.91 Å². The molecule has 0 bridgehead atoms. The first-order valence-electron chi connectivity index (χ1n) is 10.8. The van der Waals surface area contributed by atoms with Gasteiger partial charge in [0, 0.05) is 44.1 Å². The predicted molar refractivity (Wildman–Crippen MR) is 125 cm³/mol. The lowest BCUT2D eigenvalue weighted by molar-refractivity contribution is -0.129. The van der Waals surface area contributed by atoms with Crippen molar-refractivity contribution in [2.24, 2.45) is 5.73 Å². The molecule has 0 spiro atoms. The topological polar surface area (TPSA) is 150 Å². The second kappa shape index (κ2) is 9.60. The average Bonchev–Trinajstić information content (AvgIpc) is 2.82. The highest BCUT2D eigenvalue weighted by atomic mass is 16.2. The van der Waals surface area contributed by atoms with E-state index in [-0.39, 0.29) is 29.4 Å². The quantitative estimate of drug-likeness (QED) is 0.332. The highest BCUT2D eigenvalue weighted by Gasteiger charge is 2.21. The summed E-state index contributed by atoms with van der Waals surface area (Å²) in [6, 6.07) is 11.1. The number of nitrogens with one attached hydrogen (secondary N) is 3. The number of nitrogen functional groups attached to an aromatic ring is 1. The monoisotopic (exact) mass is 446 g/mol. The van der Waals surface area contributed by atoms with Crippen LogP contribution in [0.5, 0.6) is 0 Å². The molecule has 10 nitrogen and oxygen atoms in total. The standard InChI is InChI=1S/C23H26N8O2/c1-14(32)31-8-6-17(7-9-31)29-21-11-20(27-13-28-21)23(33)26-12-15-2-3-16-4-5-18(22(24)25)30-19(16)10-15/h2-5,10-11,13,17H,6-9,12H2,1H3,(H3,24,25)(H,26,33)(H,27,28,29). The normalized spacial score (nSPS) is 14.2. The highest BCUT2D eigenvalue weighted by molar-refractivity contribution is 5.95. The third kappa shape index (κ3) is 5.40. The van der Waals surface area contributed by atoms with Crippen molar-refractivity contribution in [1.82, 2.24) is 25.2 Å². The highest BCUT2D eigenvalue weighted by Crippen LogP contribution is 2.17. The summed E-state index contributed by atoms with van der Waals surface area (Å²) in [5, 5.41) is 14.7. The van der Waals surface area contributed by atoms with E-state index in [0.29, 0.717) is 36.7 Å². The first kappa shape index (κ1) is 22.1. The van der Waals surface area contributed by atoms with Gasteiger partial charge in [-0.1, -0.05) is 18.2 Å². The summed E-state index contributed by atoms with van der Waals surface area (Å²) >= 11 is 0. The minimum absolute atomic E-state index is 0.0896. The van der Waals surface area contributed by atoms with Crippen molar-refractivity contribution < 1.29 is 9.59 Å². The van der Waals surface area contributed by atoms with Crippen molar-refractivity contribution in [1.29, 1.82) is 5.41 Å². The van der Waals surface area contributed by atoms with Gasteiger partial charge in [0.05, 0.1) is 5.52 Å². The van der Waals surface area contributed by atoms with E-state index in [1.807, 2.05) is 29.2 Å². The SMILES string of the molecule is CC(=O)N1CCC(Nc2cc(C(=O)NCc3ccc4ccc(C(=N)N)nc4c3)ncn2)CC1. The molecular formula is C23H26N8O2. The Balaban J connectivity index is 1.37. The van der Waals surface area contributed by atoms with Gasteiger partial charge < -0.3 is 21.3 Å². The van der Waals surface area contributed by atoms with Crippen LogP contribution in [-0.2, 0) is 11.3 Å². The largest absolute Gasteiger partial charge is 0.382 e. The predicted octanol–water partition coefficient (Wildman–Crippen LogP) is 1.66. The molecule has 0 atom stereocenters. The molecule has 1 aliphatic heterocycles. The first-order chi connectivity index (χ1) is 15.9. The van der Waals surface area contributed by atoms with Gasteiger partial charge >= 0.3 is 0 Å². The van der Waals surface area contributed by atoms with Crippen LogP contribution in [0.1, 0.15) is 41.5 Å². The summed E-state index contributed by atoms with van der Waals surface area (Å²) < 4.78 is 0. The summed E-state index contributed by atoms with van der Waals surface area (Å²) in [4.78, 5) is 38.7. The number of pyridine rings is 1. The number of carbonyl (C=O) groups is 2. The molecule has 170 valence electrons. The fourth-order valence-electron chi connectivity index (χ4n) is 3.80. The number of fused-ring (bicyclic) bond motifs is 1. The molecule has 4 rings (SSSR count). The number of hydrogen-bond acceptors (Lipinski definition) is 7. The second-order valence-corrected chi connectivity index (χ2v) is 8.03. The number of likely N-dealkylation sites (tertiary alicyclic amines) is 1. The van der Waals surface area contributed by atoms with Crippen LogP contribution in [-0.4, -0.2) is 56.6 Å². The number of nitrogens with zero attached hydrogens (tertiary/aromatic N) is 4. The molecule has 2 aromatic heterocycles. The lowest BCUT2D eigenvalue weighted by atomic mass is 10.1. The van der Waals surface area contributed by atoms with Gasteiger partial charge in [-0.25, -0.2) is 15.0 Å². The minimum atomic E-state index is -0.308. The van der Waals surface area contributed by atoms with Gasteiger partial charge in [-0.3, -0.25) is 15.0 Å². The fraction of sp³-hybridized carbons (Fsp3) is 0.304. The maximum absolute atomic E-state index is 12.7. The average molecular weight is 447 g/mol. The molecule has 5 N–H and O–H groups in total. The van der Waals surface area contributed by atoms with Gasteiger partial charge in [-0.15, -0.1) is 0 Å². The summed E-state index contributed by atoms with van der Waals surface area (Å²) in [6.07, 6.45) is 3.02. The molecule has 0 saturated carbocycles. The van der Waals surface area contributed by atoms with Crippen molar-refractivity contribution >= 4 is 34.4 Å². The Kier molecular flexibility index (Phi) is 6.43. The van der Waals surface area contributed by atoms with E-state index in [1.54, 1.807) is 19.1 Å². The minimum Gasteiger partial charge on any atom is -0.382 e. The van der Waals surface area contributed by atoms with Crippen molar-refractivity contribution in [2.75, 3.05) is 18.4 Å². The summed E-state index contributed by atoms with van der Waals surface area (Å²) in [5.74, 6) is 0.282. The molecule has 3 heterocycles. The Morgan fingerprint density at radius 1 is 1.12 bits per heavy atom. The lowest BCUT2D eigenvalue weighted by Gasteiger charge is -2.31. The van der Waals surface area contributed by atoms with Crippen LogP contribution in [0.15, 0.2) is 42.7 Å². The smallest absolute Gasteiger partial charge is 0.270 e. The summed E-state index contributed by atoms with van der Waals surface area (Å²) in [6.45, 7) is 3.30. The molecule has 0 radical (unpaired) electrons. The number of piperidine rings is 1.